The molecule has 0 aliphatic carbocycles. The Hall–Kier alpha value is -1.10. The lowest BCUT2D eigenvalue weighted by Crippen LogP contribution is -2.21. The second kappa shape index (κ2) is 5.11. The van der Waals surface area contributed by atoms with Gasteiger partial charge in [0.2, 0.25) is 0 Å². The Kier molecular flexibility index (Phi) is 4.08. The molecule has 2 nitrogen and oxygen atoms in total. The minimum Gasteiger partial charge on any atom is -0.311 e. The topological polar surface area (TPSA) is 24.9 Å². The molecule has 0 aromatic carbocycles. The Labute approximate surface area is 86.5 Å². The van der Waals surface area contributed by atoms with Crippen LogP contribution in [0.15, 0.2) is 18.3 Å². The average Bonchev–Trinajstić information content (AvgIpc) is 2.14. The molecule has 15 heavy (non-hydrogen) atoms. The first-order valence-electron chi connectivity index (χ1n) is 4.66. The van der Waals surface area contributed by atoms with Gasteiger partial charge in [0.15, 0.2) is 0 Å². The number of nitrogens with zero attached hydrogens (tertiary/aromatic N) is 1. The first-order chi connectivity index (χ1) is 6.97. The summed E-state index contributed by atoms with van der Waals surface area (Å²) in [5.74, 6) is 0. The van der Waals surface area contributed by atoms with E-state index in [0.29, 0.717) is 6.54 Å². The lowest BCUT2D eigenvalue weighted by Gasteiger charge is -2.07. The minimum atomic E-state index is -4.09. The van der Waals surface area contributed by atoms with Crippen LogP contribution < -0.4 is 5.32 Å². The van der Waals surface area contributed by atoms with Crippen LogP contribution in [0.5, 0.6) is 0 Å². The quantitative estimate of drug-likeness (QED) is 0.785. The fourth-order valence-corrected chi connectivity index (χ4v) is 1.05. The van der Waals surface area contributed by atoms with E-state index < -0.39 is 12.6 Å². The smallest absolute Gasteiger partial charge is 0.311 e. The van der Waals surface area contributed by atoms with E-state index in [1.54, 1.807) is 12.3 Å². The van der Waals surface area contributed by atoms with Gasteiger partial charge in [-0.15, -0.1) is 0 Å². The van der Waals surface area contributed by atoms with E-state index in [9.17, 15) is 13.2 Å². The molecule has 1 aromatic heterocycles. The summed E-state index contributed by atoms with van der Waals surface area (Å²) >= 11 is 0. The highest BCUT2D eigenvalue weighted by Crippen LogP contribution is 2.18. The summed E-state index contributed by atoms with van der Waals surface area (Å²) in [7, 11) is 0. The number of halogens is 3. The van der Waals surface area contributed by atoms with Gasteiger partial charge in [0, 0.05) is 19.3 Å². The van der Waals surface area contributed by atoms with E-state index in [1.807, 2.05) is 13.0 Å². The van der Waals surface area contributed by atoms with Gasteiger partial charge in [-0.1, -0.05) is 6.07 Å². The second-order valence-electron chi connectivity index (χ2n) is 3.37. The Bertz CT molecular complexity index is 293. The highest BCUT2D eigenvalue weighted by Gasteiger charge is 2.25. The molecule has 0 spiro atoms. The number of pyridine rings is 1. The summed E-state index contributed by atoms with van der Waals surface area (Å²) in [5.41, 5.74) is 1.79. The van der Waals surface area contributed by atoms with Gasteiger partial charge in [0.25, 0.3) is 0 Å². The first kappa shape index (κ1) is 12.0. The average molecular weight is 218 g/mol. The van der Waals surface area contributed by atoms with E-state index in [4.69, 9.17) is 0 Å². The third kappa shape index (κ3) is 5.37. The highest BCUT2D eigenvalue weighted by atomic mass is 19.4. The molecular weight excluding hydrogens is 205 g/mol. The van der Waals surface area contributed by atoms with Gasteiger partial charge in [-0.25, -0.2) is 0 Å². The largest absolute Gasteiger partial charge is 0.390 e. The van der Waals surface area contributed by atoms with Crippen LogP contribution in [0.1, 0.15) is 17.7 Å². The molecule has 0 amide bonds. The van der Waals surface area contributed by atoms with Crippen LogP contribution in [0, 0.1) is 6.92 Å². The molecule has 0 bridgehead atoms. The van der Waals surface area contributed by atoms with Crippen molar-refractivity contribution in [1.29, 1.82) is 0 Å². The molecule has 0 aliphatic rings. The number of aromatic nitrogens is 1. The van der Waals surface area contributed by atoms with E-state index >= 15 is 0 Å². The summed E-state index contributed by atoms with van der Waals surface area (Å²) < 4.78 is 35.3. The normalized spacial score (nSPS) is 11.7. The molecule has 0 saturated carbocycles. The fourth-order valence-electron chi connectivity index (χ4n) is 1.05. The van der Waals surface area contributed by atoms with E-state index in [-0.39, 0.29) is 6.54 Å². The highest BCUT2D eigenvalue weighted by molar-refractivity contribution is 5.11. The lowest BCUT2D eigenvalue weighted by molar-refractivity contribution is -0.133. The van der Waals surface area contributed by atoms with Crippen molar-refractivity contribution in [2.75, 3.05) is 6.54 Å². The fraction of sp³-hybridized carbons (Fsp3) is 0.500. The number of alkyl halides is 3. The Balaban J connectivity index is 2.23. The van der Waals surface area contributed by atoms with Crippen molar-refractivity contribution in [2.45, 2.75) is 26.1 Å². The Morgan fingerprint density at radius 3 is 2.60 bits per heavy atom. The van der Waals surface area contributed by atoms with Gasteiger partial charge in [0.05, 0.1) is 12.1 Å². The Morgan fingerprint density at radius 2 is 2.07 bits per heavy atom. The van der Waals surface area contributed by atoms with Gasteiger partial charge in [-0.05, 0) is 18.6 Å². The van der Waals surface area contributed by atoms with Crippen LogP contribution in [-0.2, 0) is 6.54 Å². The molecule has 0 radical (unpaired) electrons. The van der Waals surface area contributed by atoms with Crippen LogP contribution in [0.4, 0.5) is 13.2 Å². The number of hydrogen-bond acceptors (Lipinski definition) is 2. The molecule has 1 aromatic rings. The summed E-state index contributed by atoms with van der Waals surface area (Å²) in [6, 6.07) is 3.68. The third-order valence-corrected chi connectivity index (χ3v) is 1.86. The van der Waals surface area contributed by atoms with Crippen LogP contribution >= 0.6 is 0 Å². The van der Waals surface area contributed by atoms with E-state index in [1.165, 1.54) is 0 Å². The van der Waals surface area contributed by atoms with Crippen LogP contribution in [0.2, 0.25) is 0 Å². The summed E-state index contributed by atoms with van der Waals surface area (Å²) in [5, 5.41) is 2.70. The van der Waals surface area contributed by atoms with Gasteiger partial charge in [-0.3, -0.25) is 4.98 Å². The molecule has 0 atom stereocenters. The molecule has 0 aliphatic heterocycles. The molecule has 1 heterocycles. The predicted molar refractivity (Wildman–Crippen MR) is 51.4 cm³/mol. The van der Waals surface area contributed by atoms with Crippen molar-refractivity contribution in [3.8, 4) is 0 Å². The van der Waals surface area contributed by atoms with Crippen molar-refractivity contribution in [3.63, 3.8) is 0 Å². The molecule has 0 saturated heterocycles. The Morgan fingerprint density at radius 1 is 1.33 bits per heavy atom. The monoisotopic (exact) mass is 218 g/mol. The number of aryl methyl sites for hydroxylation is 1. The third-order valence-electron chi connectivity index (χ3n) is 1.86. The SMILES string of the molecule is Cc1ccc(CNCCC(F)(F)F)nc1. The molecule has 84 valence electrons. The second-order valence-corrected chi connectivity index (χ2v) is 3.37. The van der Waals surface area contributed by atoms with Gasteiger partial charge in [0.1, 0.15) is 0 Å². The van der Waals surface area contributed by atoms with Gasteiger partial charge >= 0.3 is 6.18 Å². The van der Waals surface area contributed by atoms with Gasteiger partial charge < -0.3 is 5.32 Å². The maximum atomic E-state index is 11.8. The van der Waals surface area contributed by atoms with Crippen LogP contribution in [0.3, 0.4) is 0 Å². The molecule has 0 unspecified atom stereocenters. The molecule has 0 fully saturated rings. The number of rotatable bonds is 4. The number of hydrogen-bond donors (Lipinski definition) is 1. The maximum Gasteiger partial charge on any atom is 0.390 e. The van der Waals surface area contributed by atoms with Crippen LogP contribution in [-0.4, -0.2) is 17.7 Å². The molecule has 1 rings (SSSR count). The molecule has 1 N–H and O–H groups in total. The van der Waals surface area contributed by atoms with Crippen molar-refractivity contribution < 1.29 is 13.2 Å². The molecule has 5 heteroatoms. The first-order valence-corrected chi connectivity index (χ1v) is 4.66. The number of nitrogens with one attached hydrogen (secondary N) is 1. The van der Waals surface area contributed by atoms with E-state index in [2.05, 4.69) is 10.3 Å². The summed E-state index contributed by atoms with van der Waals surface area (Å²) in [6.45, 7) is 2.21. The van der Waals surface area contributed by atoms with Crippen molar-refractivity contribution in [1.82, 2.24) is 10.3 Å². The predicted octanol–water partition coefficient (Wildman–Crippen LogP) is 2.43. The zero-order chi connectivity index (χ0) is 11.3. The zero-order valence-electron chi connectivity index (χ0n) is 8.43. The standard InChI is InChI=1S/C10H13F3N2/c1-8-2-3-9(15-6-8)7-14-5-4-10(11,12)13/h2-3,6,14H,4-5,7H2,1H3. The van der Waals surface area contributed by atoms with Crippen molar-refractivity contribution >= 4 is 0 Å². The van der Waals surface area contributed by atoms with Gasteiger partial charge in [-0.2, -0.15) is 13.2 Å². The van der Waals surface area contributed by atoms with E-state index in [0.717, 1.165) is 11.3 Å². The minimum absolute atomic E-state index is 0.0704. The molecular formula is C10H13F3N2. The summed E-state index contributed by atoms with van der Waals surface area (Å²) in [4.78, 5) is 4.07. The maximum absolute atomic E-state index is 11.8. The van der Waals surface area contributed by atoms with Crippen molar-refractivity contribution in [3.05, 3.63) is 29.6 Å². The summed E-state index contributed by atoms with van der Waals surface area (Å²) in [6.07, 6.45) is -3.20. The van der Waals surface area contributed by atoms with Crippen molar-refractivity contribution in [2.24, 2.45) is 0 Å². The zero-order valence-corrected chi connectivity index (χ0v) is 8.43. The lowest BCUT2D eigenvalue weighted by atomic mass is 10.3. The van der Waals surface area contributed by atoms with Crippen LogP contribution in [0.25, 0.3) is 0 Å².